The van der Waals surface area contributed by atoms with Crippen LogP contribution in [0.3, 0.4) is 0 Å². The van der Waals surface area contributed by atoms with E-state index in [4.69, 9.17) is 5.73 Å². The Labute approximate surface area is 98.8 Å². The largest absolute Gasteiger partial charge is 0.392 e. The Bertz CT molecular complexity index is 409. The van der Waals surface area contributed by atoms with Gasteiger partial charge in [-0.3, -0.25) is 10.1 Å². The highest BCUT2D eigenvalue weighted by atomic mass is 16.6. The Morgan fingerprint density at radius 3 is 2.88 bits per heavy atom. The first-order valence-corrected chi connectivity index (χ1v) is 5.21. The summed E-state index contributed by atoms with van der Waals surface area (Å²) >= 11 is 0. The average molecular weight is 240 g/mol. The van der Waals surface area contributed by atoms with Gasteiger partial charge in [0.15, 0.2) is 0 Å². The molecule has 7 heteroatoms. The predicted octanol–water partition coefficient (Wildman–Crippen LogP) is 0.418. The van der Waals surface area contributed by atoms with Gasteiger partial charge in [-0.1, -0.05) is 0 Å². The normalized spacial score (nSPS) is 14.1. The highest BCUT2D eigenvalue weighted by Gasteiger charge is 2.19. The molecule has 0 aliphatic heterocycles. The molecule has 0 amide bonds. The quantitative estimate of drug-likeness (QED) is 0.507. The fourth-order valence-corrected chi connectivity index (χ4v) is 1.30. The van der Waals surface area contributed by atoms with Crippen molar-refractivity contribution in [1.82, 2.24) is 4.98 Å². The Morgan fingerprint density at radius 2 is 2.35 bits per heavy atom. The maximum atomic E-state index is 10.9. The van der Waals surface area contributed by atoms with Gasteiger partial charge in [0.25, 0.3) is 0 Å². The molecule has 4 N–H and O–H groups in total. The van der Waals surface area contributed by atoms with E-state index in [0.717, 1.165) is 0 Å². The predicted molar refractivity (Wildman–Crippen MR) is 63.8 cm³/mol. The van der Waals surface area contributed by atoms with Crippen molar-refractivity contribution in [3.8, 4) is 0 Å². The summed E-state index contributed by atoms with van der Waals surface area (Å²) in [6.45, 7) is 3.42. The van der Waals surface area contributed by atoms with Crippen molar-refractivity contribution in [3.05, 3.63) is 27.9 Å². The van der Waals surface area contributed by atoms with E-state index in [2.05, 4.69) is 10.3 Å². The molecule has 94 valence electrons. The number of nitrogens with one attached hydrogen (secondary N) is 1. The van der Waals surface area contributed by atoms with Gasteiger partial charge >= 0.3 is 5.69 Å². The molecule has 0 fully saturated rings. The lowest BCUT2D eigenvalue weighted by Crippen LogP contribution is -2.38. The van der Waals surface area contributed by atoms with E-state index in [1.165, 1.54) is 6.20 Å². The number of aryl methyl sites for hydroxylation is 1. The summed E-state index contributed by atoms with van der Waals surface area (Å²) in [4.78, 5) is 14.3. The average Bonchev–Trinajstić information content (AvgIpc) is 2.24. The number of rotatable bonds is 5. The van der Waals surface area contributed by atoms with Gasteiger partial charge in [-0.25, -0.2) is 4.98 Å². The number of anilines is 1. The molecule has 2 atom stereocenters. The van der Waals surface area contributed by atoms with E-state index in [-0.39, 0.29) is 18.1 Å². The maximum absolute atomic E-state index is 10.9. The van der Waals surface area contributed by atoms with Crippen LogP contribution in [0.4, 0.5) is 11.5 Å². The molecule has 0 aliphatic carbocycles. The van der Waals surface area contributed by atoms with E-state index in [1.54, 1.807) is 19.9 Å². The number of nitrogens with two attached hydrogens (primary N) is 1. The number of aliphatic hydroxyl groups excluding tert-OH is 1. The van der Waals surface area contributed by atoms with Crippen molar-refractivity contribution in [3.63, 3.8) is 0 Å². The van der Waals surface area contributed by atoms with Crippen LogP contribution in [-0.4, -0.2) is 33.7 Å². The van der Waals surface area contributed by atoms with Crippen LogP contribution in [0.25, 0.3) is 0 Å². The minimum atomic E-state index is -0.689. The summed E-state index contributed by atoms with van der Waals surface area (Å²) in [6.07, 6.45) is 0.796. The Kier molecular flexibility index (Phi) is 4.36. The maximum Gasteiger partial charge on any atom is 0.314 e. The molecule has 0 spiro atoms. The van der Waals surface area contributed by atoms with Gasteiger partial charge in [-0.15, -0.1) is 0 Å². The van der Waals surface area contributed by atoms with Gasteiger partial charge in [0.1, 0.15) is 0 Å². The molecular formula is C10H16N4O3. The van der Waals surface area contributed by atoms with Gasteiger partial charge in [0.05, 0.1) is 11.0 Å². The molecule has 0 radical (unpaired) electrons. The second-order valence-electron chi connectivity index (χ2n) is 3.87. The van der Waals surface area contributed by atoms with Crippen molar-refractivity contribution in [2.24, 2.45) is 5.73 Å². The SMILES string of the molecule is Cc1ccnc(NCC(N)C(C)O)c1[N+](=O)[O-]. The van der Waals surface area contributed by atoms with E-state index >= 15 is 0 Å². The fraction of sp³-hybridized carbons (Fsp3) is 0.500. The number of aromatic nitrogens is 1. The third kappa shape index (κ3) is 3.36. The number of aliphatic hydroxyl groups is 1. The first-order chi connectivity index (χ1) is 7.93. The molecule has 1 aromatic rings. The van der Waals surface area contributed by atoms with E-state index in [1.807, 2.05) is 0 Å². The van der Waals surface area contributed by atoms with Crippen molar-refractivity contribution >= 4 is 11.5 Å². The van der Waals surface area contributed by atoms with Crippen molar-refractivity contribution in [2.45, 2.75) is 26.0 Å². The van der Waals surface area contributed by atoms with Gasteiger partial charge in [0, 0.05) is 24.3 Å². The lowest BCUT2D eigenvalue weighted by Gasteiger charge is -2.15. The van der Waals surface area contributed by atoms with Crippen LogP contribution in [-0.2, 0) is 0 Å². The smallest absolute Gasteiger partial charge is 0.314 e. The first kappa shape index (κ1) is 13.3. The fourth-order valence-electron chi connectivity index (χ4n) is 1.30. The highest BCUT2D eigenvalue weighted by molar-refractivity contribution is 5.59. The number of hydrogen-bond donors (Lipinski definition) is 3. The Morgan fingerprint density at radius 1 is 1.71 bits per heavy atom. The zero-order valence-electron chi connectivity index (χ0n) is 9.75. The third-order valence-electron chi connectivity index (χ3n) is 2.43. The molecule has 17 heavy (non-hydrogen) atoms. The van der Waals surface area contributed by atoms with Gasteiger partial charge < -0.3 is 16.2 Å². The molecule has 1 aromatic heterocycles. The van der Waals surface area contributed by atoms with Crippen molar-refractivity contribution in [2.75, 3.05) is 11.9 Å². The monoisotopic (exact) mass is 240 g/mol. The Hall–Kier alpha value is -1.73. The molecule has 0 bridgehead atoms. The summed E-state index contributed by atoms with van der Waals surface area (Å²) in [5, 5.41) is 22.9. The Balaban J connectivity index is 2.84. The number of hydrogen-bond acceptors (Lipinski definition) is 6. The number of nitro groups is 1. The first-order valence-electron chi connectivity index (χ1n) is 5.21. The second kappa shape index (κ2) is 5.55. The van der Waals surface area contributed by atoms with Crippen LogP contribution in [0, 0.1) is 17.0 Å². The van der Waals surface area contributed by atoms with Crippen LogP contribution in [0.5, 0.6) is 0 Å². The zero-order valence-corrected chi connectivity index (χ0v) is 9.75. The minimum Gasteiger partial charge on any atom is -0.392 e. The van der Waals surface area contributed by atoms with Crippen LogP contribution < -0.4 is 11.1 Å². The highest BCUT2D eigenvalue weighted by Crippen LogP contribution is 2.25. The van der Waals surface area contributed by atoms with Crippen LogP contribution in [0.1, 0.15) is 12.5 Å². The molecule has 7 nitrogen and oxygen atoms in total. The number of pyridine rings is 1. The summed E-state index contributed by atoms with van der Waals surface area (Å²) in [7, 11) is 0. The summed E-state index contributed by atoms with van der Waals surface area (Å²) in [6, 6.07) is 1.06. The van der Waals surface area contributed by atoms with Crippen LogP contribution in [0.15, 0.2) is 12.3 Å². The minimum absolute atomic E-state index is 0.0645. The van der Waals surface area contributed by atoms with Gasteiger partial charge in [-0.05, 0) is 19.9 Å². The summed E-state index contributed by atoms with van der Waals surface area (Å²) in [5.41, 5.74) is 6.08. The lowest BCUT2D eigenvalue weighted by molar-refractivity contribution is -0.384. The van der Waals surface area contributed by atoms with Crippen LogP contribution >= 0.6 is 0 Å². The van der Waals surface area contributed by atoms with Gasteiger partial charge in [0.2, 0.25) is 5.82 Å². The second-order valence-corrected chi connectivity index (χ2v) is 3.87. The lowest BCUT2D eigenvalue weighted by atomic mass is 10.2. The summed E-state index contributed by atoms with van der Waals surface area (Å²) < 4.78 is 0. The molecule has 0 saturated heterocycles. The molecule has 0 saturated carbocycles. The van der Waals surface area contributed by atoms with Crippen molar-refractivity contribution < 1.29 is 10.0 Å². The van der Waals surface area contributed by atoms with Crippen LogP contribution in [0.2, 0.25) is 0 Å². The summed E-state index contributed by atoms with van der Waals surface area (Å²) in [5.74, 6) is 0.172. The molecule has 1 heterocycles. The third-order valence-corrected chi connectivity index (χ3v) is 2.43. The molecule has 2 unspecified atom stereocenters. The molecule has 0 aliphatic rings. The van der Waals surface area contributed by atoms with Gasteiger partial charge in [-0.2, -0.15) is 0 Å². The van der Waals surface area contributed by atoms with E-state index in [0.29, 0.717) is 5.56 Å². The van der Waals surface area contributed by atoms with Crippen molar-refractivity contribution in [1.29, 1.82) is 0 Å². The van der Waals surface area contributed by atoms with E-state index < -0.39 is 17.1 Å². The zero-order chi connectivity index (χ0) is 13.0. The molecule has 1 rings (SSSR count). The van der Waals surface area contributed by atoms with E-state index in [9.17, 15) is 15.2 Å². The standard InChI is InChI=1S/C10H16N4O3/c1-6-3-4-12-10(9(6)14(16)17)13-5-8(11)7(2)15/h3-4,7-8,15H,5,11H2,1-2H3,(H,12,13). The number of nitrogens with zero attached hydrogens (tertiary/aromatic N) is 2. The molecular weight excluding hydrogens is 224 g/mol. The molecule has 0 aromatic carbocycles. The topological polar surface area (TPSA) is 114 Å².